The number of aromatic nitrogens is 3. The monoisotopic (exact) mass is 354 g/mol. The number of nitrogens with zero attached hydrogens (tertiary/aromatic N) is 3. The molecule has 10 N–H and O–H groups in total. The first-order chi connectivity index (χ1) is 12.3. The van der Waals surface area contributed by atoms with Crippen molar-refractivity contribution >= 4 is 17.8 Å². The normalized spacial score (nSPS) is 10.8. The van der Waals surface area contributed by atoms with Gasteiger partial charge in [0.2, 0.25) is 17.8 Å². The maximum Gasteiger partial charge on any atom is 0.243 e. The Bertz CT molecular complexity index is 406. The zero-order chi connectivity index (χ0) is 18.2. The van der Waals surface area contributed by atoms with Crippen molar-refractivity contribution in [3.05, 3.63) is 0 Å². The molecule has 1 heterocycles. The summed E-state index contributed by atoms with van der Waals surface area (Å²) in [5.41, 5.74) is 28.7. The molecular formula is C15H34N10. The lowest BCUT2D eigenvalue weighted by Gasteiger charge is -2.10. The van der Waals surface area contributed by atoms with Crippen molar-refractivity contribution in [2.24, 2.45) is 11.5 Å². The van der Waals surface area contributed by atoms with Crippen LogP contribution < -0.4 is 38.9 Å². The Morgan fingerprint density at radius 2 is 1.04 bits per heavy atom. The predicted molar refractivity (Wildman–Crippen MR) is 103 cm³/mol. The van der Waals surface area contributed by atoms with Crippen LogP contribution in [0.5, 0.6) is 0 Å². The van der Waals surface area contributed by atoms with Gasteiger partial charge in [0.05, 0.1) is 0 Å². The van der Waals surface area contributed by atoms with Crippen molar-refractivity contribution in [1.82, 2.24) is 25.8 Å². The van der Waals surface area contributed by atoms with Gasteiger partial charge < -0.3 is 17.2 Å². The molecule has 0 aromatic carbocycles. The second kappa shape index (κ2) is 14.6. The van der Waals surface area contributed by atoms with E-state index in [2.05, 4.69) is 36.7 Å². The van der Waals surface area contributed by atoms with Crippen molar-refractivity contribution in [2.75, 3.05) is 42.8 Å². The first-order valence-corrected chi connectivity index (χ1v) is 9.15. The summed E-state index contributed by atoms with van der Waals surface area (Å²) in [6.45, 7) is 3.15. The third-order valence-electron chi connectivity index (χ3n) is 3.56. The molecule has 10 nitrogen and oxygen atoms in total. The molecule has 0 amide bonds. The standard InChI is InChI=1S/C15H34N10/c16-9-5-1-3-7-11-19-24-14-21-13(18)22-15(23-14)25-20-12-8-4-2-6-10-17/h19-20H,1-12,16-17H2,(H4,18,21,22,23,24,25). The van der Waals surface area contributed by atoms with Gasteiger partial charge in [-0.2, -0.15) is 15.0 Å². The van der Waals surface area contributed by atoms with Crippen LogP contribution in [0.15, 0.2) is 0 Å². The molecule has 1 aromatic heterocycles. The molecule has 0 spiro atoms. The van der Waals surface area contributed by atoms with E-state index in [-0.39, 0.29) is 5.95 Å². The Morgan fingerprint density at radius 3 is 1.48 bits per heavy atom. The number of unbranched alkanes of at least 4 members (excludes halogenated alkanes) is 6. The largest absolute Gasteiger partial charge is 0.368 e. The molecule has 0 aliphatic heterocycles. The van der Waals surface area contributed by atoms with E-state index in [4.69, 9.17) is 17.2 Å². The van der Waals surface area contributed by atoms with Crippen LogP contribution >= 0.6 is 0 Å². The fourth-order valence-corrected chi connectivity index (χ4v) is 2.21. The Balaban J connectivity index is 2.19. The summed E-state index contributed by atoms with van der Waals surface area (Å²) in [5, 5.41) is 0. The molecule has 0 bridgehead atoms. The van der Waals surface area contributed by atoms with Crippen molar-refractivity contribution in [3.8, 4) is 0 Å². The first kappa shape index (κ1) is 21.3. The third kappa shape index (κ3) is 11.4. The van der Waals surface area contributed by atoms with Gasteiger partial charge in [-0.1, -0.05) is 25.7 Å². The molecule has 1 rings (SSSR count). The summed E-state index contributed by atoms with van der Waals surface area (Å²) in [6.07, 6.45) is 8.87. The van der Waals surface area contributed by atoms with Gasteiger partial charge >= 0.3 is 0 Å². The predicted octanol–water partition coefficient (Wildman–Crippen LogP) is 0.325. The number of nitrogens with two attached hydrogens (primary N) is 3. The van der Waals surface area contributed by atoms with Crippen LogP contribution in [-0.2, 0) is 0 Å². The molecule has 0 aliphatic carbocycles. The summed E-state index contributed by atoms with van der Waals surface area (Å²) in [6, 6.07) is 0. The smallest absolute Gasteiger partial charge is 0.243 e. The Morgan fingerprint density at radius 1 is 0.600 bits per heavy atom. The minimum absolute atomic E-state index is 0.162. The van der Waals surface area contributed by atoms with Crippen LogP contribution in [0.3, 0.4) is 0 Å². The molecule has 0 atom stereocenters. The van der Waals surface area contributed by atoms with Gasteiger partial charge in [0, 0.05) is 13.1 Å². The van der Waals surface area contributed by atoms with Gasteiger partial charge in [-0.05, 0) is 38.8 Å². The summed E-state index contributed by atoms with van der Waals surface area (Å²) < 4.78 is 0. The minimum atomic E-state index is 0.162. The fraction of sp³-hybridized carbons (Fsp3) is 0.800. The highest BCUT2D eigenvalue weighted by atomic mass is 15.5. The zero-order valence-electron chi connectivity index (χ0n) is 15.1. The molecule has 25 heavy (non-hydrogen) atoms. The average molecular weight is 355 g/mol. The third-order valence-corrected chi connectivity index (χ3v) is 3.56. The molecular weight excluding hydrogens is 320 g/mol. The van der Waals surface area contributed by atoms with E-state index in [9.17, 15) is 0 Å². The summed E-state index contributed by atoms with van der Waals surface area (Å²) >= 11 is 0. The maximum atomic E-state index is 5.71. The molecule has 0 saturated carbocycles. The van der Waals surface area contributed by atoms with Gasteiger partial charge in [-0.15, -0.1) is 0 Å². The van der Waals surface area contributed by atoms with Crippen LogP contribution in [-0.4, -0.2) is 41.1 Å². The van der Waals surface area contributed by atoms with E-state index in [1.54, 1.807) is 0 Å². The average Bonchev–Trinajstić information content (AvgIpc) is 2.60. The Hall–Kier alpha value is -1.75. The van der Waals surface area contributed by atoms with Gasteiger partial charge in [-0.25, -0.2) is 10.9 Å². The maximum absolute atomic E-state index is 5.71. The van der Waals surface area contributed by atoms with Crippen LogP contribution in [0, 0.1) is 0 Å². The first-order valence-electron chi connectivity index (χ1n) is 9.15. The Kier molecular flexibility index (Phi) is 12.4. The minimum Gasteiger partial charge on any atom is -0.368 e. The summed E-state index contributed by atoms with van der Waals surface area (Å²) in [4.78, 5) is 12.3. The van der Waals surface area contributed by atoms with E-state index >= 15 is 0 Å². The number of hydrazine groups is 2. The highest BCUT2D eigenvalue weighted by molar-refractivity contribution is 5.38. The van der Waals surface area contributed by atoms with Crippen LogP contribution in [0.2, 0.25) is 0 Å². The lowest BCUT2D eigenvalue weighted by atomic mass is 10.2. The van der Waals surface area contributed by atoms with E-state index < -0.39 is 0 Å². The van der Waals surface area contributed by atoms with Crippen molar-refractivity contribution < 1.29 is 0 Å². The fourth-order valence-electron chi connectivity index (χ4n) is 2.21. The molecule has 0 radical (unpaired) electrons. The van der Waals surface area contributed by atoms with Crippen LogP contribution in [0.4, 0.5) is 17.8 Å². The number of nitrogen functional groups attached to an aromatic ring is 1. The Labute approximate surface area is 150 Å². The highest BCUT2D eigenvalue weighted by Gasteiger charge is 2.03. The lowest BCUT2D eigenvalue weighted by Crippen LogP contribution is -2.27. The number of hydrogen-bond donors (Lipinski definition) is 7. The van der Waals surface area contributed by atoms with Gasteiger partial charge in [0.15, 0.2) is 0 Å². The van der Waals surface area contributed by atoms with E-state index in [0.717, 1.165) is 77.5 Å². The van der Waals surface area contributed by atoms with Gasteiger partial charge in [-0.3, -0.25) is 10.9 Å². The van der Waals surface area contributed by atoms with Crippen molar-refractivity contribution in [2.45, 2.75) is 51.4 Å². The summed E-state index contributed by atoms with van der Waals surface area (Å²) in [7, 11) is 0. The van der Waals surface area contributed by atoms with E-state index in [1.165, 1.54) is 0 Å². The van der Waals surface area contributed by atoms with Gasteiger partial charge in [0.1, 0.15) is 0 Å². The second-order valence-electron chi connectivity index (χ2n) is 5.85. The molecule has 144 valence electrons. The molecule has 10 heteroatoms. The van der Waals surface area contributed by atoms with Crippen molar-refractivity contribution in [3.63, 3.8) is 0 Å². The molecule has 0 fully saturated rings. The lowest BCUT2D eigenvalue weighted by molar-refractivity contribution is 0.614. The SMILES string of the molecule is NCCCCCCNNc1nc(N)nc(NNCCCCCCN)n1. The molecule has 0 aliphatic rings. The van der Waals surface area contributed by atoms with E-state index in [0.29, 0.717) is 11.9 Å². The number of anilines is 3. The van der Waals surface area contributed by atoms with E-state index in [1.807, 2.05) is 0 Å². The molecule has 0 unspecified atom stereocenters. The summed E-state index contributed by atoms with van der Waals surface area (Å²) in [5.74, 6) is 0.942. The number of rotatable bonds is 16. The van der Waals surface area contributed by atoms with Crippen LogP contribution in [0.25, 0.3) is 0 Å². The number of nitrogens with one attached hydrogen (secondary N) is 4. The van der Waals surface area contributed by atoms with Gasteiger partial charge in [0.25, 0.3) is 0 Å². The second-order valence-corrected chi connectivity index (χ2v) is 5.85. The van der Waals surface area contributed by atoms with Crippen LogP contribution in [0.1, 0.15) is 51.4 Å². The highest BCUT2D eigenvalue weighted by Crippen LogP contribution is 2.05. The molecule has 1 aromatic rings. The quantitative estimate of drug-likeness (QED) is 0.162. The topological polar surface area (TPSA) is 165 Å². The zero-order valence-corrected chi connectivity index (χ0v) is 15.1. The van der Waals surface area contributed by atoms with Crippen molar-refractivity contribution in [1.29, 1.82) is 0 Å². The molecule has 0 saturated heterocycles. The number of hydrogen-bond acceptors (Lipinski definition) is 10.